The van der Waals surface area contributed by atoms with E-state index in [0.29, 0.717) is 5.82 Å². The molecule has 0 aliphatic carbocycles. The van der Waals surface area contributed by atoms with E-state index in [9.17, 15) is 4.79 Å². The average Bonchev–Trinajstić information content (AvgIpc) is 3.19. The molecule has 0 saturated carbocycles. The van der Waals surface area contributed by atoms with Crippen LogP contribution < -0.4 is 10.6 Å². The van der Waals surface area contributed by atoms with Crippen molar-refractivity contribution in [1.29, 1.82) is 0 Å². The second kappa shape index (κ2) is 7.75. The fraction of sp³-hybridized carbons (Fsp3) is 0.111. The lowest BCUT2D eigenvalue weighted by molar-refractivity contribution is -0.115. The van der Waals surface area contributed by atoms with Crippen LogP contribution in [0.15, 0.2) is 54.9 Å². The van der Waals surface area contributed by atoms with E-state index in [4.69, 9.17) is 12.2 Å². The van der Waals surface area contributed by atoms with Crippen LogP contribution >= 0.6 is 12.2 Å². The first kappa shape index (κ1) is 17.6. The molecule has 2 heterocycles. The number of thiocarbonyl (C=S) groups is 1. The minimum Gasteiger partial charge on any atom is -0.317 e. The zero-order chi connectivity index (χ0) is 18.5. The fourth-order valence-corrected chi connectivity index (χ4v) is 2.56. The molecule has 0 fully saturated rings. The number of nitrogens with one attached hydrogen (secondary N) is 2. The van der Waals surface area contributed by atoms with Crippen LogP contribution in [-0.4, -0.2) is 30.6 Å². The standard InChI is InChI=1S/C18H18N6OS/c1-13-10-16(24(22-13)15-6-4-3-5-7-15)20-18(26)21-17(25)9-8-14-11-19-23(2)12-14/h3-12H,1-2H3,(H2,20,21,25,26)/b9-8+. The summed E-state index contributed by atoms with van der Waals surface area (Å²) in [6, 6.07) is 11.5. The summed E-state index contributed by atoms with van der Waals surface area (Å²) in [6.07, 6.45) is 6.55. The van der Waals surface area contributed by atoms with Crippen molar-refractivity contribution in [1.82, 2.24) is 24.9 Å². The molecule has 0 aliphatic heterocycles. The summed E-state index contributed by atoms with van der Waals surface area (Å²) in [5, 5.41) is 14.3. The van der Waals surface area contributed by atoms with Crippen LogP contribution in [0.1, 0.15) is 11.3 Å². The van der Waals surface area contributed by atoms with Gasteiger partial charge in [-0.15, -0.1) is 0 Å². The minimum absolute atomic E-state index is 0.197. The Labute approximate surface area is 156 Å². The third-order valence-corrected chi connectivity index (χ3v) is 3.67. The van der Waals surface area contributed by atoms with Crippen molar-refractivity contribution in [3.63, 3.8) is 0 Å². The topological polar surface area (TPSA) is 76.8 Å². The maximum Gasteiger partial charge on any atom is 0.250 e. The molecule has 0 atom stereocenters. The highest BCUT2D eigenvalue weighted by atomic mass is 32.1. The van der Waals surface area contributed by atoms with E-state index in [-0.39, 0.29) is 11.0 Å². The highest BCUT2D eigenvalue weighted by Gasteiger charge is 2.10. The van der Waals surface area contributed by atoms with Gasteiger partial charge in [0.15, 0.2) is 5.11 Å². The molecular weight excluding hydrogens is 348 g/mol. The Morgan fingerprint density at radius 2 is 2.04 bits per heavy atom. The van der Waals surface area contributed by atoms with Crippen LogP contribution in [0.2, 0.25) is 0 Å². The molecular formula is C18H18N6OS. The summed E-state index contributed by atoms with van der Waals surface area (Å²) in [5.74, 6) is 0.351. The van der Waals surface area contributed by atoms with Gasteiger partial charge in [0, 0.05) is 31.0 Å². The molecule has 0 spiro atoms. The minimum atomic E-state index is -0.325. The van der Waals surface area contributed by atoms with Crippen LogP contribution in [0.4, 0.5) is 5.82 Å². The van der Waals surface area contributed by atoms with E-state index >= 15 is 0 Å². The number of hydrogen-bond acceptors (Lipinski definition) is 4. The SMILES string of the molecule is Cc1cc(NC(=S)NC(=O)/C=C/c2cnn(C)c2)n(-c2ccccc2)n1. The van der Waals surface area contributed by atoms with E-state index in [0.717, 1.165) is 16.9 Å². The van der Waals surface area contributed by atoms with Crippen molar-refractivity contribution in [3.8, 4) is 5.69 Å². The molecule has 3 rings (SSSR count). The van der Waals surface area contributed by atoms with Gasteiger partial charge in [0.1, 0.15) is 5.82 Å². The summed E-state index contributed by atoms with van der Waals surface area (Å²) < 4.78 is 3.40. The number of rotatable bonds is 4. The number of amides is 1. The quantitative estimate of drug-likeness (QED) is 0.548. The van der Waals surface area contributed by atoms with Gasteiger partial charge >= 0.3 is 0 Å². The molecule has 7 nitrogen and oxygen atoms in total. The van der Waals surface area contributed by atoms with Crippen LogP contribution in [0.25, 0.3) is 11.8 Å². The molecule has 1 amide bonds. The molecule has 3 aromatic rings. The summed E-state index contributed by atoms with van der Waals surface area (Å²) in [6.45, 7) is 1.89. The first-order valence-electron chi connectivity index (χ1n) is 7.92. The Hall–Kier alpha value is -3.26. The number of hydrogen-bond donors (Lipinski definition) is 2. The first-order chi connectivity index (χ1) is 12.5. The summed E-state index contributed by atoms with van der Waals surface area (Å²) in [4.78, 5) is 12.0. The number of aromatic nitrogens is 4. The number of anilines is 1. The highest BCUT2D eigenvalue weighted by molar-refractivity contribution is 7.80. The number of carbonyl (C=O) groups excluding carboxylic acids is 1. The van der Waals surface area contributed by atoms with Crippen LogP contribution in [0, 0.1) is 6.92 Å². The Kier molecular flexibility index (Phi) is 5.23. The van der Waals surface area contributed by atoms with E-state index in [1.165, 1.54) is 6.08 Å². The Bertz CT molecular complexity index is 957. The number of benzene rings is 1. The van der Waals surface area contributed by atoms with E-state index in [2.05, 4.69) is 20.8 Å². The van der Waals surface area contributed by atoms with Crippen LogP contribution in [0.3, 0.4) is 0 Å². The summed E-state index contributed by atoms with van der Waals surface area (Å²) >= 11 is 5.23. The lowest BCUT2D eigenvalue weighted by Crippen LogP contribution is -2.33. The van der Waals surface area contributed by atoms with E-state index in [1.54, 1.807) is 21.6 Å². The lowest BCUT2D eigenvalue weighted by Gasteiger charge is -2.10. The van der Waals surface area contributed by atoms with Gasteiger partial charge in [-0.1, -0.05) is 18.2 Å². The van der Waals surface area contributed by atoms with Crippen molar-refractivity contribution in [3.05, 3.63) is 66.1 Å². The van der Waals surface area contributed by atoms with Gasteiger partial charge in [-0.3, -0.25) is 14.8 Å². The van der Waals surface area contributed by atoms with Gasteiger partial charge in [0.2, 0.25) is 5.91 Å². The largest absolute Gasteiger partial charge is 0.317 e. The molecule has 0 aliphatic rings. The third kappa shape index (κ3) is 4.42. The predicted molar refractivity (Wildman–Crippen MR) is 105 cm³/mol. The molecule has 0 bridgehead atoms. The van der Waals surface area contributed by atoms with Crippen molar-refractivity contribution < 1.29 is 4.79 Å². The number of para-hydroxylation sites is 1. The van der Waals surface area contributed by atoms with Gasteiger partial charge < -0.3 is 5.32 Å². The molecule has 132 valence electrons. The van der Waals surface area contributed by atoms with Gasteiger partial charge in [0.25, 0.3) is 0 Å². The van der Waals surface area contributed by atoms with Gasteiger partial charge in [0.05, 0.1) is 17.6 Å². The summed E-state index contributed by atoms with van der Waals surface area (Å²) in [7, 11) is 1.81. The molecule has 2 N–H and O–H groups in total. The second-order valence-corrected chi connectivity index (χ2v) is 6.05. The monoisotopic (exact) mass is 366 g/mol. The number of aryl methyl sites for hydroxylation is 2. The van der Waals surface area contributed by atoms with Gasteiger partial charge in [-0.25, -0.2) is 4.68 Å². The van der Waals surface area contributed by atoms with Crippen molar-refractivity contribution >= 4 is 35.1 Å². The molecule has 26 heavy (non-hydrogen) atoms. The van der Waals surface area contributed by atoms with Gasteiger partial charge in [-0.05, 0) is 37.4 Å². The van der Waals surface area contributed by atoms with Crippen LogP contribution in [-0.2, 0) is 11.8 Å². The molecule has 0 radical (unpaired) electrons. The highest BCUT2D eigenvalue weighted by Crippen LogP contribution is 2.16. The second-order valence-electron chi connectivity index (χ2n) is 5.64. The maximum absolute atomic E-state index is 12.0. The van der Waals surface area contributed by atoms with E-state index < -0.39 is 0 Å². The average molecular weight is 366 g/mol. The molecule has 8 heteroatoms. The molecule has 1 aromatic carbocycles. The molecule has 0 saturated heterocycles. The maximum atomic E-state index is 12.0. The van der Waals surface area contributed by atoms with Crippen molar-refractivity contribution in [2.75, 3.05) is 5.32 Å². The zero-order valence-corrected chi connectivity index (χ0v) is 15.2. The summed E-state index contributed by atoms with van der Waals surface area (Å²) in [5.41, 5.74) is 2.56. The molecule has 0 unspecified atom stereocenters. The fourth-order valence-electron chi connectivity index (χ4n) is 2.35. The predicted octanol–water partition coefficient (Wildman–Crippen LogP) is 2.44. The van der Waals surface area contributed by atoms with Crippen molar-refractivity contribution in [2.24, 2.45) is 7.05 Å². The third-order valence-electron chi connectivity index (χ3n) is 3.46. The smallest absolute Gasteiger partial charge is 0.250 e. The Morgan fingerprint density at radius 1 is 1.27 bits per heavy atom. The van der Waals surface area contributed by atoms with Crippen molar-refractivity contribution in [2.45, 2.75) is 6.92 Å². The zero-order valence-electron chi connectivity index (χ0n) is 14.4. The Morgan fingerprint density at radius 3 is 2.73 bits per heavy atom. The number of carbonyl (C=O) groups is 1. The normalized spacial score (nSPS) is 10.8. The first-order valence-corrected chi connectivity index (χ1v) is 8.33. The van der Waals surface area contributed by atoms with Crippen LogP contribution in [0.5, 0.6) is 0 Å². The van der Waals surface area contributed by atoms with Gasteiger partial charge in [-0.2, -0.15) is 10.2 Å². The number of nitrogens with zero attached hydrogens (tertiary/aromatic N) is 4. The Balaban J connectivity index is 1.65. The lowest BCUT2D eigenvalue weighted by atomic mass is 10.3. The molecule has 2 aromatic heterocycles. The van der Waals surface area contributed by atoms with E-state index in [1.807, 2.05) is 56.6 Å².